The molecular weight excluding hydrogens is 497 g/mol. The van der Waals surface area contributed by atoms with Crippen molar-refractivity contribution in [1.29, 1.82) is 0 Å². The van der Waals surface area contributed by atoms with Crippen LogP contribution in [-0.2, 0) is 21.1 Å². The highest BCUT2D eigenvalue weighted by atomic mass is 35.5. The summed E-state index contributed by atoms with van der Waals surface area (Å²) < 4.78 is 39.5. The van der Waals surface area contributed by atoms with Crippen LogP contribution in [0.4, 0.5) is 9.52 Å². The maximum Gasteiger partial charge on any atom is 0.229 e. The number of hydrogen-bond donors (Lipinski definition) is 0. The molecule has 186 valence electrons. The number of halogens is 2. The number of nitrogens with zero attached hydrogens (tertiary/aromatic N) is 3. The van der Waals surface area contributed by atoms with E-state index in [2.05, 4.69) is 36.7 Å². The van der Waals surface area contributed by atoms with Crippen LogP contribution in [0.2, 0.25) is 0 Å². The SMILES string of the molecule is CCc1ccc2nc(N(CCN(CC)CC)C(=O)CCS(=O)(=O)c3ccc(F)cc3)sc2c1.Cl. The molecule has 0 aliphatic heterocycles. The maximum absolute atomic E-state index is 13.2. The van der Waals surface area contributed by atoms with Crippen LogP contribution in [0.15, 0.2) is 47.4 Å². The summed E-state index contributed by atoms with van der Waals surface area (Å²) in [5, 5.41) is 0.578. The Bertz CT molecular complexity index is 1200. The largest absolute Gasteiger partial charge is 0.302 e. The van der Waals surface area contributed by atoms with Crippen LogP contribution in [0.5, 0.6) is 0 Å². The van der Waals surface area contributed by atoms with Crippen molar-refractivity contribution in [3.63, 3.8) is 0 Å². The summed E-state index contributed by atoms with van der Waals surface area (Å²) >= 11 is 1.45. The number of carbonyl (C=O) groups excluding carboxylic acids is 1. The Labute approximate surface area is 211 Å². The van der Waals surface area contributed by atoms with Crippen molar-refractivity contribution >= 4 is 54.8 Å². The van der Waals surface area contributed by atoms with Crippen molar-refractivity contribution in [2.75, 3.05) is 36.8 Å². The number of sulfone groups is 1. The fourth-order valence-corrected chi connectivity index (χ4v) is 5.82. The first kappa shape index (κ1) is 28.2. The zero-order valence-corrected chi connectivity index (χ0v) is 22.1. The molecule has 3 aromatic rings. The number of hydrogen-bond acceptors (Lipinski definition) is 6. The molecule has 0 N–H and O–H groups in total. The van der Waals surface area contributed by atoms with Gasteiger partial charge in [-0.25, -0.2) is 17.8 Å². The molecule has 0 saturated carbocycles. The van der Waals surface area contributed by atoms with Crippen LogP contribution in [0.3, 0.4) is 0 Å². The second kappa shape index (κ2) is 12.6. The van der Waals surface area contributed by atoms with E-state index in [1.807, 2.05) is 12.1 Å². The molecule has 1 aromatic heterocycles. The Kier molecular flexibility index (Phi) is 10.4. The van der Waals surface area contributed by atoms with Gasteiger partial charge in [0.25, 0.3) is 0 Å². The molecule has 0 radical (unpaired) electrons. The minimum Gasteiger partial charge on any atom is -0.302 e. The Hall–Kier alpha value is -2.07. The van der Waals surface area contributed by atoms with E-state index in [0.717, 1.165) is 41.9 Å². The third-order valence-electron chi connectivity index (χ3n) is 5.67. The molecule has 1 heterocycles. The number of aromatic nitrogens is 1. The lowest BCUT2D eigenvalue weighted by atomic mass is 10.2. The summed E-state index contributed by atoms with van der Waals surface area (Å²) in [5.41, 5.74) is 2.02. The van der Waals surface area contributed by atoms with Gasteiger partial charge >= 0.3 is 0 Å². The fraction of sp³-hybridized carbons (Fsp3) is 0.417. The second-order valence-electron chi connectivity index (χ2n) is 7.75. The first-order valence-electron chi connectivity index (χ1n) is 11.2. The van der Waals surface area contributed by atoms with Crippen molar-refractivity contribution in [1.82, 2.24) is 9.88 Å². The average Bonchev–Trinajstić information content (AvgIpc) is 3.23. The van der Waals surface area contributed by atoms with E-state index in [4.69, 9.17) is 0 Å². The van der Waals surface area contributed by atoms with Crippen LogP contribution < -0.4 is 4.90 Å². The lowest BCUT2D eigenvalue weighted by Gasteiger charge is -2.24. The molecule has 6 nitrogen and oxygen atoms in total. The van der Waals surface area contributed by atoms with Gasteiger partial charge < -0.3 is 4.90 Å². The molecule has 0 aliphatic carbocycles. The number of likely N-dealkylation sites (N-methyl/N-ethyl adjacent to an activating group) is 1. The molecular formula is C24H31ClFN3O3S2. The summed E-state index contributed by atoms with van der Waals surface area (Å²) in [5.74, 6) is -1.14. The van der Waals surface area contributed by atoms with E-state index >= 15 is 0 Å². The molecule has 0 spiro atoms. The average molecular weight is 528 g/mol. The third kappa shape index (κ3) is 6.97. The Balaban J connectivity index is 0.00000408. The minimum atomic E-state index is -3.70. The Morgan fingerprint density at radius 2 is 1.71 bits per heavy atom. The quantitative estimate of drug-likeness (QED) is 0.330. The van der Waals surface area contributed by atoms with E-state index in [-0.39, 0.29) is 35.4 Å². The first-order valence-corrected chi connectivity index (χ1v) is 13.6. The highest BCUT2D eigenvalue weighted by molar-refractivity contribution is 7.91. The molecule has 3 rings (SSSR count). The van der Waals surface area contributed by atoms with Crippen LogP contribution in [0.1, 0.15) is 32.8 Å². The fourth-order valence-electron chi connectivity index (χ4n) is 3.52. The van der Waals surface area contributed by atoms with Gasteiger partial charge in [0.1, 0.15) is 5.82 Å². The number of anilines is 1. The van der Waals surface area contributed by atoms with E-state index < -0.39 is 15.7 Å². The van der Waals surface area contributed by atoms with Gasteiger partial charge in [0, 0.05) is 19.5 Å². The molecule has 0 saturated heterocycles. The molecule has 2 aromatic carbocycles. The lowest BCUT2D eigenvalue weighted by Crippen LogP contribution is -2.39. The standard InChI is InChI=1S/C24H30FN3O3S2.ClH/c1-4-18-7-12-21-22(17-18)32-24(26-21)28(15-14-27(5-2)6-3)23(29)13-16-33(30,31)20-10-8-19(25)9-11-20;/h7-12,17H,4-6,13-16H2,1-3H3;1H. The molecule has 0 unspecified atom stereocenters. The van der Waals surface area contributed by atoms with Gasteiger partial charge in [-0.15, -0.1) is 12.4 Å². The number of fused-ring (bicyclic) bond motifs is 1. The van der Waals surface area contributed by atoms with Crippen molar-refractivity contribution in [2.45, 2.75) is 38.5 Å². The van der Waals surface area contributed by atoms with Gasteiger partial charge in [0.15, 0.2) is 15.0 Å². The molecule has 1 amide bonds. The normalized spacial score (nSPS) is 11.6. The zero-order valence-electron chi connectivity index (χ0n) is 19.7. The van der Waals surface area contributed by atoms with Crippen molar-refractivity contribution in [2.24, 2.45) is 0 Å². The molecule has 0 bridgehead atoms. The summed E-state index contributed by atoms with van der Waals surface area (Å²) in [6.07, 6.45) is 0.739. The van der Waals surface area contributed by atoms with Gasteiger partial charge in [-0.05, 0) is 61.5 Å². The summed E-state index contributed by atoms with van der Waals surface area (Å²) in [7, 11) is -3.70. The van der Waals surface area contributed by atoms with Gasteiger partial charge in [0.05, 0.1) is 20.9 Å². The van der Waals surface area contributed by atoms with Crippen molar-refractivity contribution < 1.29 is 17.6 Å². The molecule has 10 heteroatoms. The van der Waals surface area contributed by atoms with E-state index in [0.29, 0.717) is 18.2 Å². The highest BCUT2D eigenvalue weighted by Gasteiger charge is 2.23. The maximum atomic E-state index is 13.2. The number of aryl methyl sites for hydroxylation is 1. The Morgan fingerprint density at radius 1 is 1.03 bits per heavy atom. The molecule has 0 atom stereocenters. The molecule has 34 heavy (non-hydrogen) atoms. The van der Waals surface area contributed by atoms with Crippen molar-refractivity contribution in [3.8, 4) is 0 Å². The van der Waals surface area contributed by atoms with Crippen LogP contribution in [0, 0.1) is 5.82 Å². The summed E-state index contributed by atoms with van der Waals surface area (Å²) in [6, 6.07) is 10.7. The van der Waals surface area contributed by atoms with Gasteiger partial charge in [-0.2, -0.15) is 0 Å². The monoisotopic (exact) mass is 527 g/mol. The number of rotatable bonds is 11. The molecule has 0 fully saturated rings. The van der Waals surface area contributed by atoms with Crippen molar-refractivity contribution in [3.05, 3.63) is 53.8 Å². The predicted molar refractivity (Wildman–Crippen MR) is 139 cm³/mol. The summed E-state index contributed by atoms with van der Waals surface area (Å²) in [4.78, 5) is 21.7. The second-order valence-corrected chi connectivity index (χ2v) is 10.9. The van der Waals surface area contributed by atoms with Gasteiger partial charge in [0.2, 0.25) is 5.91 Å². The lowest BCUT2D eigenvalue weighted by molar-refractivity contribution is -0.118. The van der Waals surface area contributed by atoms with E-state index in [1.54, 1.807) is 4.90 Å². The number of amides is 1. The van der Waals surface area contributed by atoms with E-state index in [1.165, 1.54) is 29.0 Å². The molecule has 0 aliphatic rings. The Morgan fingerprint density at radius 3 is 2.32 bits per heavy atom. The minimum absolute atomic E-state index is 0. The van der Waals surface area contributed by atoms with Gasteiger partial charge in [-0.3, -0.25) is 9.69 Å². The first-order chi connectivity index (χ1) is 15.8. The topological polar surface area (TPSA) is 70.6 Å². The van der Waals surface area contributed by atoms with Crippen LogP contribution in [-0.4, -0.2) is 56.1 Å². The van der Waals surface area contributed by atoms with Crippen LogP contribution in [0.25, 0.3) is 10.2 Å². The number of benzene rings is 2. The van der Waals surface area contributed by atoms with Crippen LogP contribution >= 0.6 is 23.7 Å². The van der Waals surface area contributed by atoms with Gasteiger partial charge in [-0.1, -0.05) is 38.2 Å². The van der Waals surface area contributed by atoms with E-state index in [9.17, 15) is 17.6 Å². The smallest absolute Gasteiger partial charge is 0.229 e. The highest BCUT2D eigenvalue weighted by Crippen LogP contribution is 2.30. The summed E-state index contributed by atoms with van der Waals surface area (Å²) in [6.45, 7) is 9.03. The number of carbonyl (C=O) groups is 1. The third-order valence-corrected chi connectivity index (χ3v) is 8.45. The zero-order chi connectivity index (χ0) is 24.0. The predicted octanol–water partition coefficient (Wildman–Crippen LogP) is 4.96. The number of thiazole rings is 1.